The minimum atomic E-state index is -1.08. The second kappa shape index (κ2) is 13.2. The standard InChI is InChI=1S/C28H25IN4O5S/c1-3-37-24-13-18(12-22(29)26(24)38-15-25(34)35)14-30-33-27(36)20-8-6-19(7-9-20)23-16-39-28(32-23)31-21-10-4-17(2)5-11-21/h4-14,16H,3,15H2,1-2H3,(H,31,32)(H,33,36)(H,34,35)/b30-14-. The summed E-state index contributed by atoms with van der Waals surface area (Å²) in [5.41, 5.74) is 7.50. The van der Waals surface area contributed by atoms with E-state index in [1.54, 1.807) is 24.3 Å². The van der Waals surface area contributed by atoms with Crippen LogP contribution in [0.2, 0.25) is 0 Å². The number of hydrazone groups is 1. The van der Waals surface area contributed by atoms with Crippen LogP contribution in [0.1, 0.15) is 28.4 Å². The first kappa shape index (κ1) is 28.0. The molecule has 4 aromatic rings. The lowest BCUT2D eigenvalue weighted by Gasteiger charge is -2.13. The highest BCUT2D eigenvalue weighted by Gasteiger charge is 2.14. The van der Waals surface area contributed by atoms with Crippen LogP contribution in [-0.2, 0) is 4.79 Å². The molecule has 0 bridgehead atoms. The van der Waals surface area contributed by atoms with Crippen LogP contribution in [0.25, 0.3) is 11.3 Å². The van der Waals surface area contributed by atoms with Crippen LogP contribution in [0.15, 0.2) is 71.1 Å². The number of benzene rings is 3. The van der Waals surface area contributed by atoms with Crippen LogP contribution in [-0.4, -0.2) is 41.4 Å². The number of nitrogens with one attached hydrogen (secondary N) is 2. The van der Waals surface area contributed by atoms with Gasteiger partial charge in [-0.05, 0) is 78.4 Å². The SMILES string of the molecule is CCOc1cc(/C=N\NC(=O)c2ccc(-c3csc(Nc4ccc(C)cc4)n3)cc2)cc(I)c1OCC(=O)O. The van der Waals surface area contributed by atoms with Crippen molar-refractivity contribution in [3.8, 4) is 22.8 Å². The maximum absolute atomic E-state index is 12.6. The van der Waals surface area contributed by atoms with Gasteiger partial charge in [-0.15, -0.1) is 11.3 Å². The van der Waals surface area contributed by atoms with Gasteiger partial charge in [-0.25, -0.2) is 15.2 Å². The van der Waals surface area contributed by atoms with E-state index in [-0.39, 0.29) is 5.91 Å². The van der Waals surface area contributed by atoms with Gasteiger partial charge >= 0.3 is 5.97 Å². The molecule has 4 rings (SSSR count). The van der Waals surface area contributed by atoms with Crippen LogP contribution in [0.4, 0.5) is 10.8 Å². The molecule has 3 aromatic carbocycles. The maximum atomic E-state index is 12.6. The van der Waals surface area contributed by atoms with E-state index in [4.69, 9.17) is 14.6 Å². The molecule has 39 heavy (non-hydrogen) atoms. The second-order valence-corrected chi connectivity index (χ2v) is 10.3. The fraction of sp³-hybridized carbons (Fsp3) is 0.143. The van der Waals surface area contributed by atoms with Crippen molar-refractivity contribution < 1.29 is 24.2 Å². The number of aliphatic carboxylic acids is 1. The van der Waals surface area contributed by atoms with Crippen molar-refractivity contribution in [3.63, 3.8) is 0 Å². The number of carboxylic acids is 1. The summed E-state index contributed by atoms with van der Waals surface area (Å²) < 4.78 is 11.6. The highest BCUT2D eigenvalue weighted by Crippen LogP contribution is 2.34. The zero-order chi connectivity index (χ0) is 27.8. The molecule has 0 radical (unpaired) electrons. The summed E-state index contributed by atoms with van der Waals surface area (Å²) in [4.78, 5) is 28.1. The Morgan fingerprint density at radius 3 is 2.54 bits per heavy atom. The predicted octanol–water partition coefficient (Wildman–Crippen LogP) is 6.09. The quantitative estimate of drug-likeness (QED) is 0.101. The van der Waals surface area contributed by atoms with E-state index < -0.39 is 12.6 Å². The Hall–Kier alpha value is -3.97. The minimum Gasteiger partial charge on any atom is -0.490 e. The van der Waals surface area contributed by atoms with E-state index in [9.17, 15) is 9.59 Å². The van der Waals surface area contributed by atoms with Crippen molar-refractivity contribution in [1.29, 1.82) is 0 Å². The van der Waals surface area contributed by atoms with Crippen molar-refractivity contribution in [3.05, 3.63) is 86.3 Å². The number of aryl methyl sites for hydroxylation is 1. The number of hydrogen-bond donors (Lipinski definition) is 3. The van der Waals surface area contributed by atoms with E-state index in [1.165, 1.54) is 23.1 Å². The lowest BCUT2D eigenvalue weighted by Crippen LogP contribution is -2.17. The molecule has 1 heterocycles. The Kier molecular flexibility index (Phi) is 9.49. The lowest BCUT2D eigenvalue weighted by atomic mass is 10.1. The smallest absolute Gasteiger partial charge is 0.341 e. The van der Waals surface area contributed by atoms with Crippen molar-refractivity contribution in [1.82, 2.24) is 10.4 Å². The Morgan fingerprint density at radius 1 is 1.10 bits per heavy atom. The molecule has 1 aromatic heterocycles. The Morgan fingerprint density at radius 2 is 1.85 bits per heavy atom. The van der Waals surface area contributed by atoms with Gasteiger partial charge in [-0.2, -0.15) is 5.10 Å². The van der Waals surface area contributed by atoms with Crippen LogP contribution in [0.5, 0.6) is 11.5 Å². The third-order valence-electron chi connectivity index (χ3n) is 5.30. The molecule has 11 heteroatoms. The average molecular weight is 657 g/mol. The number of anilines is 2. The van der Waals surface area contributed by atoms with E-state index in [2.05, 4.69) is 20.8 Å². The molecule has 0 aliphatic carbocycles. The minimum absolute atomic E-state index is 0.347. The Bertz CT molecular complexity index is 1490. The topological polar surface area (TPSA) is 122 Å². The third-order valence-corrected chi connectivity index (χ3v) is 6.86. The predicted molar refractivity (Wildman–Crippen MR) is 161 cm³/mol. The third kappa shape index (κ3) is 7.77. The number of amides is 1. The normalized spacial score (nSPS) is 10.8. The van der Waals surface area contributed by atoms with Crippen molar-refractivity contribution in [2.24, 2.45) is 5.10 Å². The summed E-state index contributed by atoms with van der Waals surface area (Å²) in [5.74, 6) is -0.701. The van der Waals surface area contributed by atoms with Crippen LogP contribution in [0.3, 0.4) is 0 Å². The van der Waals surface area contributed by atoms with Crippen molar-refractivity contribution in [2.45, 2.75) is 13.8 Å². The number of nitrogens with zero attached hydrogens (tertiary/aromatic N) is 2. The highest BCUT2D eigenvalue weighted by atomic mass is 127. The molecule has 0 unspecified atom stereocenters. The van der Waals surface area contributed by atoms with Gasteiger partial charge in [-0.1, -0.05) is 29.8 Å². The summed E-state index contributed by atoms with van der Waals surface area (Å²) in [6.07, 6.45) is 1.48. The zero-order valence-corrected chi connectivity index (χ0v) is 24.1. The summed E-state index contributed by atoms with van der Waals surface area (Å²) in [6.45, 7) is 3.75. The van der Waals surface area contributed by atoms with E-state index >= 15 is 0 Å². The zero-order valence-electron chi connectivity index (χ0n) is 21.1. The summed E-state index contributed by atoms with van der Waals surface area (Å²) in [6, 6.07) is 18.6. The number of rotatable bonds is 11. The summed E-state index contributed by atoms with van der Waals surface area (Å²) in [7, 11) is 0. The molecule has 0 saturated carbocycles. The number of carboxylic acid groups (broad SMARTS) is 1. The van der Waals surface area contributed by atoms with Gasteiger partial charge in [0.1, 0.15) is 0 Å². The molecule has 0 saturated heterocycles. The van der Waals surface area contributed by atoms with Gasteiger partial charge in [0.05, 0.1) is 22.1 Å². The number of hydrogen-bond acceptors (Lipinski definition) is 8. The van der Waals surface area contributed by atoms with Crippen molar-refractivity contribution >= 4 is 62.8 Å². The van der Waals surface area contributed by atoms with Crippen LogP contribution in [0, 0.1) is 10.5 Å². The number of carbonyl (C=O) groups excluding carboxylic acids is 1. The van der Waals surface area contributed by atoms with Gasteiger partial charge in [0, 0.05) is 22.2 Å². The first-order valence-corrected chi connectivity index (χ1v) is 13.8. The maximum Gasteiger partial charge on any atom is 0.341 e. The monoisotopic (exact) mass is 656 g/mol. The molecule has 3 N–H and O–H groups in total. The first-order valence-electron chi connectivity index (χ1n) is 11.9. The molecular formula is C28H25IN4O5S. The largest absolute Gasteiger partial charge is 0.490 e. The van der Waals surface area contributed by atoms with E-state index in [0.29, 0.717) is 32.8 Å². The Labute approximate surface area is 243 Å². The molecule has 0 fully saturated rings. The van der Waals surface area contributed by atoms with E-state index in [1.807, 2.05) is 78.2 Å². The Balaban J connectivity index is 1.38. The molecule has 9 nitrogen and oxygen atoms in total. The average Bonchev–Trinajstić information content (AvgIpc) is 3.38. The highest BCUT2D eigenvalue weighted by molar-refractivity contribution is 14.1. The van der Waals surface area contributed by atoms with E-state index in [0.717, 1.165) is 22.1 Å². The molecule has 200 valence electrons. The van der Waals surface area contributed by atoms with Crippen LogP contribution < -0.4 is 20.2 Å². The van der Waals surface area contributed by atoms with Gasteiger partial charge < -0.3 is 19.9 Å². The lowest BCUT2D eigenvalue weighted by molar-refractivity contribution is -0.139. The number of carbonyl (C=O) groups is 2. The summed E-state index contributed by atoms with van der Waals surface area (Å²) in [5, 5.41) is 19.0. The summed E-state index contributed by atoms with van der Waals surface area (Å²) >= 11 is 3.54. The van der Waals surface area contributed by atoms with Gasteiger partial charge in [0.25, 0.3) is 5.91 Å². The second-order valence-electron chi connectivity index (χ2n) is 8.25. The van der Waals surface area contributed by atoms with Crippen LogP contribution >= 0.6 is 33.9 Å². The fourth-order valence-corrected chi connectivity index (χ4v) is 4.97. The number of halogens is 1. The molecule has 1 amide bonds. The molecule has 0 aliphatic rings. The molecule has 0 aliphatic heterocycles. The van der Waals surface area contributed by atoms with Gasteiger partial charge in [0.2, 0.25) is 0 Å². The number of ether oxygens (including phenoxy) is 2. The molecule has 0 spiro atoms. The van der Waals surface area contributed by atoms with Crippen molar-refractivity contribution in [2.75, 3.05) is 18.5 Å². The fourth-order valence-electron chi connectivity index (χ4n) is 3.45. The molecular weight excluding hydrogens is 631 g/mol. The van der Waals surface area contributed by atoms with Gasteiger partial charge in [0.15, 0.2) is 23.2 Å². The molecule has 0 atom stereocenters. The first-order chi connectivity index (χ1) is 18.8. The van der Waals surface area contributed by atoms with Gasteiger partial charge in [-0.3, -0.25) is 4.79 Å². The number of thiazole rings is 1. The number of aromatic nitrogens is 1.